The number of hydrogen-bond donors (Lipinski definition) is 1. The quantitative estimate of drug-likeness (QED) is 0.530. The highest BCUT2D eigenvalue weighted by Crippen LogP contribution is 2.21. The van der Waals surface area contributed by atoms with Gasteiger partial charge in [-0.15, -0.1) is 0 Å². The molecule has 0 heterocycles. The Balaban J connectivity index is 1.53. The molecule has 26 heavy (non-hydrogen) atoms. The Morgan fingerprint density at radius 1 is 0.962 bits per heavy atom. The van der Waals surface area contributed by atoms with Crippen molar-refractivity contribution in [2.45, 2.75) is 4.90 Å². The van der Waals surface area contributed by atoms with E-state index >= 15 is 0 Å². The zero-order chi connectivity index (χ0) is 18.4. The van der Waals surface area contributed by atoms with Crippen molar-refractivity contribution < 1.29 is 19.1 Å². The van der Waals surface area contributed by atoms with Gasteiger partial charge in [0.05, 0.1) is 12.7 Å². The van der Waals surface area contributed by atoms with E-state index in [1.165, 1.54) is 7.11 Å². The van der Waals surface area contributed by atoms with Crippen LogP contribution in [0.1, 0.15) is 10.4 Å². The molecule has 1 amide bonds. The van der Waals surface area contributed by atoms with Gasteiger partial charge in [0.1, 0.15) is 5.75 Å². The molecular weight excluding hydrogens is 350 g/mol. The minimum absolute atomic E-state index is 0.0952. The number of carbonyl (C=O) groups excluding carboxylic acids is 2. The fourth-order valence-corrected chi connectivity index (χ4v) is 2.98. The van der Waals surface area contributed by atoms with Gasteiger partial charge in [0, 0.05) is 4.90 Å². The summed E-state index contributed by atoms with van der Waals surface area (Å²) in [6.07, 6.45) is 0. The lowest BCUT2D eigenvalue weighted by Gasteiger charge is -2.08. The Hall–Kier alpha value is -2.99. The van der Waals surface area contributed by atoms with Gasteiger partial charge in [-0.05, 0) is 53.1 Å². The van der Waals surface area contributed by atoms with Gasteiger partial charge in [0.25, 0.3) is 5.91 Å². The topological polar surface area (TPSA) is 64.6 Å². The van der Waals surface area contributed by atoms with Crippen LogP contribution in [0.15, 0.2) is 71.6 Å². The lowest BCUT2D eigenvalue weighted by Crippen LogP contribution is -2.23. The molecule has 0 unspecified atom stereocenters. The summed E-state index contributed by atoms with van der Waals surface area (Å²) in [6.45, 7) is -0.0952. The highest BCUT2D eigenvalue weighted by atomic mass is 32.2. The summed E-state index contributed by atoms with van der Waals surface area (Å²) >= 11 is 1.12. The maximum atomic E-state index is 12.0. The standard InChI is InChI=1S/C20H17NO4S/c1-24-20(23)16-7-4-8-18(12-16)26-21-19(22)13-25-17-10-9-14-5-2-3-6-15(14)11-17/h2-12H,13H2,1H3,(H,21,22). The van der Waals surface area contributed by atoms with E-state index in [-0.39, 0.29) is 12.5 Å². The fraction of sp³-hybridized carbons (Fsp3) is 0.100. The van der Waals surface area contributed by atoms with Crippen LogP contribution in [-0.4, -0.2) is 25.6 Å². The van der Waals surface area contributed by atoms with Crippen LogP contribution in [0.5, 0.6) is 5.75 Å². The Kier molecular flexibility index (Phi) is 5.76. The number of methoxy groups -OCH3 is 1. The van der Waals surface area contributed by atoms with Crippen LogP contribution in [0.25, 0.3) is 10.8 Å². The summed E-state index contributed by atoms with van der Waals surface area (Å²) < 4.78 is 12.9. The third-order valence-corrected chi connectivity index (χ3v) is 4.45. The highest BCUT2D eigenvalue weighted by molar-refractivity contribution is 7.98. The Bertz CT molecular complexity index is 942. The number of hydrogen-bond acceptors (Lipinski definition) is 5. The monoisotopic (exact) mass is 367 g/mol. The maximum Gasteiger partial charge on any atom is 0.337 e. The molecule has 0 atom stereocenters. The summed E-state index contributed by atoms with van der Waals surface area (Å²) in [7, 11) is 1.33. The fourth-order valence-electron chi connectivity index (χ4n) is 2.36. The zero-order valence-electron chi connectivity index (χ0n) is 14.1. The normalized spacial score (nSPS) is 10.3. The average Bonchev–Trinajstić information content (AvgIpc) is 2.70. The van der Waals surface area contributed by atoms with E-state index in [4.69, 9.17) is 4.74 Å². The van der Waals surface area contributed by atoms with Crippen molar-refractivity contribution in [1.82, 2.24) is 4.72 Å². The van der Waals surface area contributed by atoms with Crippen LogP contribution in [-0.2, 0) is 9.53 Å². The molecule has 132 valence electrons. The van der Waals surface area contributed by atoms with Gasteiger partial charge in [-0.2, -0.15) is 0 Å². The third-order valence-electron chi connectivity index (χ3n) is 3.63. The second-order valence-electron chi connectivity index (χ2n) is 5.44. The molecule has 0 aliphatic heterocycles. The molecule has 0 aromatic heterocycles. The van der Waals surface area contributed by atoms with Crippen molar-refractivity contribution >= 4 is 34.6 Å². The molecule has 1 N–H and O–H groups in total. The third kappa shape index (κ3) is 4.55. The Morgan fingerprint density at radius 2 is 1.77 bits per heavy atom. The number of ether oxygens (including phenoxy) is 2. The lowest BCUT2D eigenvalue weighted by molar-refractivity contribution is -0.121. The number of nitrogens with one attached hydrogen (secondary N) is 1. The molecule has 0 saturated heterocycles. The summed E-state index contributed by atoms with van der Waals surface area (Å²) in [6, 6.07) is 20.5. The maximum absolute atomic E-state index is 12.0. The second kappa shape index (κ2) is 8.40. The van der Waals surface area contributed by atoms with Crippen molar-refractivity contribution in [3.63, 3.8) is 0 Å². The first-order valence-electron chi connectivity index (χ1n) is 7.91. The lowest BCUT2D eigenvalue weighted by atomic mass is 10.1. The predicted molar refractivity (Wildman–Crippen MR) is 101 cm³/mol. The van der Waals surface area contributed by atoms with Gasteiger partial charge in [-0.25, -0.2) is 4.79 Å². The minimum Gasteiger partial charge on any atom is -0.484 e. The van der Waals surface area contributed by atoms with E-state index in [0.717, 1.165) is 27.6 Å². The molecule has 6 heteroatoms. The number of benzene rings is 3. The molecule has 0 aliphatic rings. The van der Waals surface area contributed by atoms with E-state index < -0.39 is 5.97 Å². The van der Waals surface area contributed by atoms with Crippen molar-refractivity contribution in [3.8, 4) is 5.75 Å². The summed E-state index contributed by atoms with van der Waals surface area (Å²) in [4.78, 5) is 24.2. The van der Waals surface area contributed by atoms with E-state index in [2.05, 4.69) is 9.46 Å². The van der Waals surface area contributed by atoms with Gasteiger partial charge in [0.15, 0.2) is 6.61 Å². The van der Waals surface area contributed by atoms with Crippen molar-refractivity contribution in [2.24, 2.45) is 0 Å². The first-order chi connectivity index (χ1) is 12.7. The van der Waals surface area contributed by atoms with Crippen molar-refractivity contribution in [3.05, 3.63) is 72.3 Å². The summed E-state index contributed by atoms with van der Waals surface area (Å²) in [5.41, 5.74) is 0.430. The second-order valence-corrected chi connectivity index (χ2v) is 6.32. The molecular formula is C20H17NO4S. The van der Waals surface area contributed by atoms with E-state index in [1.54, 1.807) is 24.3 Å². The molecule has 3 aromatic carbocycles. The molecule has 0 spiro atoms. The van der Waals surface area contributed by atoms with Gasteiger partial charge >= 0.3 is 5.97 Å². The molecule has 3 rings (SSSR count). The summed E-state index contributed by atoms with van der Waals surface area (Å²) in [5, 5.41) is 2.17. The Labute approximate surface area is 155 Å². The van der Waals surface area contributed by atoms with Crippen molar-refractivity contribution in [2.75, 3.05) is 13.7 Å². The predicted octanol–water partition coefficient (Wildman–Crippen LogP) is 3.83. The van der Waals surface area contributed by atoms with E-state index in [1.807, 2.05) is 42.5 Å². The van der Waals surface area contributed by atoms with Gasteiger partial charge < -0.3 is 9.47 Å². The van der Waals surface area contributed by atoms with Crippen LogP contribution in [0.3, 0.4) is 0 Å². The molecule has 3 aromatic rings. The first kappa shape index (κ1) is 17.8. The minimum atomic E-state index is -0.418. The largest absolute Gasteiger partial charge is 0.484 e. The number of amides is 1. The SMILES string of the molecule is COC(=O)c1cccc(SNC(=O)COc2ccc3ccccc3c2)c1. The van der Waals surface area contributed by atoms with Gasteiger partial charge in [-0.1, -0.05) is 36.4 Å². The van der Waals surface area contributed by atoms with Crippen LogP contribution >= 0.6 is 11.9 Å². The molecule has 0 saturated carbocycles. The van der Waals surface area contributed by atoms with Crippen LogP contribution in [0.4, 0.5) is 0 Å². The number of rotatable bonds is 6. The first-order valence-corrected chi connectivity index (χ1v) is 8.73. The molecule has 5 nitrogen and oxygen atoms in total. The van der Waals surface area contributed by atoms with Crippen LogP contribution < -0.4 is 9.46 Å². The van der Waals surface area contributed by atoms with Crippen LogP contribution in [0.2, 0.25) is 0 Å². The molecule has 0 bridgehead atoms. The van der Waals surface area contributed by atoms with Crippen molar-refractivity contribution in [1.29, 1.82) is 0 Å². The zero-order valence-corrected chi connectivity index (χ0v) is 14.9. The summed E-state index contributed by atoms with van der Waals surface area (Å²) in [5.74, 6) is -0.0541. The Morgan fingerprint density at radius 3 is 2.58 bits per heavy atom. The highest BCUT2D eigenvalue weighted by Gasteiger charge is 2.08. The molecule has 0 radical (unpaired) electrons. The van der Waals surface area contributed by atoms with Gasteiger partial charge in [-0.3, -0.25) is 9.52 Å². The smallest absolute Gasteiger partial charge is 0.337 e. The number of esters is 1. The van der Waals surface area contributed by atoms with Crippen LogP contribution in [0, 0.1) is 0 Å². The molecule has 0 aliphatic carbocycles. The molecule has 0 fully saturated rings. The number of fused-ring (bicyclic) bond motifs is 1. The average molecular weight is 367 g/mol. The van der Waals surface area contributed by atoms with E-state index in [9.17, 15) is 9.59 Å². The van der Waals surface area contributed by atoms with Gasteiger partial charge in [0.2, 0.25) is 0 Å². The van der Waals surface area contributed by atoms with E-state index in [0.29, 0.717) is 11.3 Å². The number of carbonyl (C=O) groups is 2.